The first kappa shape index (κ1) is 12.1. The van der Waals surface area contributed by atoms with Crippen molar-refractivity contribution in [3.05, 3.63) is 24.3 Å². The molecule has 2 heterocycles. The van der Waals surface area contributed by atoms with E-state index in [1.165, 1.54) is 17.8 Å². The zero-order valence-electron chi connectivity index (χ0n) is 9.15. The largest absolute Gasteiger partial charge is 0.477 e. The predicted molar refractivity (Wildman–Crippen MR) is 59.6 cm³/mol. The first-order valence-electron chi connectivity index (χ1n) is 4.68. The molecule has 0 spiro atoms. The Morgan fingerprint density at radius 1 is 1.56 bits per heavy atom. The number of hydrogen-bond donors (Lipinski definition) is 3. The second-order valence-electron chi connectivity index (χ2n) is 3.42. The van der Waals surface area contributed by atoms with E-state index in [-0.39, 0.29) is 16.5 Å². The number of nitrogens with zero attached hydrogens (tertiary/aromatic N) is 3. The second kappa shape index (κ2) is 4.14. The van der Waals surface area contributed by atoms with Crippen LogP contribution in [0.5, 0.6) is 0 Å². The van der Waals surface area contributed by atoms with E-state index in [9.17, 15) is 13.2 Å². The van der Waals surface area contributed by atoms with Gasteiger partial charge in [-0.05, 0) is 6.07 Å². The van der Waals surface area contributed by atoms with Crippen molar-refractivity contribution in [2.75, 3.05) is 4.72 Å². The van der Waals surface area contributed by atoms with Gasteiger partial charge in [0.05, 0.1) is 0 Å². The number of carbonyl (C=O) groups is 1. The van der Waals surface area contributed by atoms with E-state index in [0.717, 1.165) is 12.4 Å². The molecule has 2 aromatic heterocycles. The molecular formula is C8H9N5O4S. The van der Waals surface area contributed by atoms with Crippen molar-refractivity contribution in [3.8, 4) is 0 Å². The molecule has 0 aliphatic heterocycles. The Balaban J connectivity index is 2.36. The van der Waals surface area contributed by atoms with E-state index in [4.69, 9.17) is 5.11 Å². The Bertz CT molecular complexity index is 672. The Kier molecular flexibility index (Phi) is 2.79. The van der Waals surface area contributed by atoms with Gasteiger partial charge in [0.15, 0.2) is 0 Å². The molecule has 10 heteroatoms. The van der Waals surface area contributed by atoms with Crippen LogP contribution in [0.25, 0.3) is 0 Å². The number of carboxylic acid groups (broad SMARTS) is 1. The summed E-state index contributed by atoms with van der Waals surface area (Å²) in [7, 11) is -2.44. The second-order valence-corrected chi connectivity index (χ2v) is 5.10. The molecule has 18 heavy (non-hydrogen) atoms. The van der Waals surface area contributed by atoms with Crippen LogP contribution < -0.4 is 4.72 Å². The molecule has 0 saturated carbocycles. The average Bonchev–Trinajstić information content (AvgIpc) is 2.86. The predicted octanol–water partition coefficient (Wildman–Crippen LogP) is -0.358. The molecule has 0 aromatic carbocycles. The molecule has 0 fully saturated rings. The number of nitrogens with one attached hydrogen (secondary N) is 2. The van der Waals surface area contributed by atoms with Gasteiger partial charge < -0.3 is 9.67 Å². The lowest BCUT2D eigenvalue weighted by Gasteiger charge is -2.01. The van der Waals surface area contributed by atoms with Crippen LogP contribution in [0.1, 0.15) is 10.5 Å². The number of carboxylic acids is 1. The lowest BCUT2D eigenvalue weighted by atomic mass is 10.4. The van der Waals surface area contributed by atoms with Crippen LogP contribution in [-0.4, -0.2) is 39.2 Å². The number of H-pyrrole nitrogens is 1. The van der Waals surface area contributed by atoms with Crippen LogP contribution >= 0.6 is 0 Å². The van der Waals surface area contributed by atoms with E-state index in [2.05, 4.69) is 19.9 Å². The third kappa shape index (κ3) is 2.18. The third-order valence-corrected chi connectivity index (χ3v) is 3.46. The highest BCUT2D eigenvalue weighted by Crippen LogP contribution is 2.15. The fraction of sp³-hybridized carbons (Fsp3) is 0.125. The van der Waals surface area contributed by atoms with Crippen LogP contribution in [0.3, 0.4) is 0 Å². The van der Waals surface area contributed by atoms with E-state index in [1.54, 1.807) is 0 Å². The molecule has 0 aliphatic carbocycles. The molecule has 0 saturated heterocycles. The maximum Gasteiger partial charge on any atom is 0.352 e. The van der Waals surface area contributed by atoms with Gasteiger partial charge in [-0.25, -0.2) is 23.0 Å². The summed E-state index contributed by atoms with van der Waals surface area (Å²) in [4.78, 5) is 14.3. The summed E-state index contributed by atoms with van der Waals surface area (Å²) in [5.41, 5.74) is -0.132. The molecule has 0 aliphatic rings. The van der Waals surface area contributed by atoms with Gasteiger partial charge in [0.2, 0.25) is 5.95 Å². The number of sulfonamides is 1. The lowest BCUT2D eigenvalue weighted by Crippen LogP contribution is -2.13. The normalized spacial score (nSPS) is 11.4. The highest BCUT2D eigenvalue weighted by molar-refractivity contribution is 7.92. The standard InChI is InChI=1S/C8H9N5O4S/c1-13-3-5(2-6(13)7(14)15)18(16,17)12-8-9-4-10-11-8/h2-4H,1H3,(H,14,15)(H2,9,10,11,12). The van der Waals surface area contributed by atoms with Crippen molar-refractivity contribution in [2.24, 2.45) is 7.05 Å². The van der Waals surface area contributed by atoms with Gasteiger partial charge >= 0.3 is 5.97 Å². The topological polar surface area (TPSA) is 130 Å². The molecule has 0 radical (unpaired) electrons. The first-order valence-corrected chi connectivity index (χ1v) is 6.16. The molecule has 0 amide bonds. The number of aromatic nitrogens is 4. The molecule has 0 bridgehead atoms. The maximum absolute atomic E-state index is 11.9. The Morgan fingerprint density at radius 2 is 2.28 bits per heavy atom. The maximum atomic E-state index is 11.9. The van der Waals surface area contributed by atoms with Crippen molar-refractivity contribution in [1.82, 2.24) is 19.7 Å². The van der Waals surface area contributed by atoms with Gasteiger partial charge in [0, 0.05) is 13.2 Å². The summed E-state index contributed by atoms with van der Waals surface area (Å²) in [6.07, 6.45) is 2.34. The SMILES string of the molecule is Cn1cc(S(=O)(=O)Nc2ncn[nH]2)cc1C(=O)O. The highest BCUT2D eigenvalue weighted by Gasteiger charge is 2.21. The zero-order chi connectivity index (χ0) is 13.3. The van der Waals surface area contributed by atoms with Crippen LogP contribution in [0.2, 0.25) is 0 Å². The minimum Gasteiger partial charge on any atom is -0.477 e. The highest BCUT2D eigenvalue weighted by atomic mass is 32.2. The van der Waals surface area contributed by atoms with Crippen LogP contribution in [0.4, 0.5) is 5.95 Å². The summed E-state index contributed by atoms with van der Waals surface area (Å²) in [5.74, 6) is -1.26. The molecule has 96 valence electrons. The molecule has 2 aromatic rings. The van der Waals surface area contributed by atoms with Crippen LogP contribution in [0, 0.1) is 0 Å². The lowest BCUT2D eigenvalue weighted by molar-refractivity contribution is 0.0686. The summed E-state index contributed by atoms with van der Waals surface area (Å²) in [6, 6.07) is 1.06. The van der Waals surface area contributed by atoms with Crippen molar-refractivity contribution >= 4 is 21.9 Å². The van der Waals surface area contributed by atoms with Crippen LogP contribution in [0.15, 0.2) is 23.5 Å². The number of aryl methyl sites for hydroxylation is 1. The number of anilines is 1. The summed E-state index contributed by atoms with van der Waals surface area (Å²) in [5, 5.41) is 14.7. The Morgan fingerprint density at radius 3 is 2.78 bits per heavy atom. The molecular weight excluding hydrogens is 262 g/mol. The Labute approximate surface area is 102 Å². The fourth-order valence-corrected chi connectivity index (χ4v) is 2.37. The number of aromatic carboxylic acids is 1. The smallest absolute Gasteiger partial charge is 0.352 e. The number of aromatic amines is 1. The van der Waals surface area contributed by atoms with Gasteiger partial charge in [-0.15, -0.1) is 0 Å². The summed E-state index contributed by atoms with van der Waals surface area (Å²) < 4.78 is 27.1. The molecule has 3 N–H and O–H groups in total. The van der Waals surface area contributed by atoms with E-state index in [0.29, 0.717) is 0 Å². The van der Waals surface area contributed by atoms with Gasteiger partial charge in [0.1, 0.15) is 16.9 Å². The summed E-state index contributed by atoms with van der Waals surface area (Å²) in [6.45, 7) is 0. The van der Waals surface area contributed by atoms with Gasteiger partial charge in [-0.3, -0.25) is 0 Å². The first-order chi connectivity index (χ1) is 8.40. The average molecular weight is 271 g/mol. The van der Waals surface area contributed by atoms with Crippen LogP contribution in [-0.2, 0) is 17.1 Å². The van der Waals surface area contributed by atoms with E-state index in [1.807, 2.05) is 0 Å². The zero-order valence-corrected chi connectivity index (χ0v) is 9.97. The minimum absolute atomic E-state index is 0.0456. The van der Waals surface area contributed by atoms with Crippen molar-refractivity contribution in [3.63, 3.8) is 0 Å². The third-order valence-electron chi connectivity index (χ3n) is 2.16. The number of rotatable bonds is 4. The minimum atomic E-state index is -3.89. The van der Waals surface area contributed by atoms with Crippen molar-refractivity contribution < 1.29 is 18.3 Å². The van der Waals surface area contributed by atoms with Gasteiger partial charge in [-0.1, -0.05) is 0 Å². The monoisotopic (exact) mass is 271 g/mol. The molecule has 0 atom stereocenters. The molecule has 2 rings (SSSR count). The van der Waals surface area contributed by atoms with Gasteiger partial charge in [0.25, 0.3) is 10.0 Å². The number of hydrogen-bond acceptors (Lipinski definition) is 5. The fourth-order valence-electron chi connectivity index (χ4n) is 1.33. The van der Waals surface area contributed by atoms with Crippen molar-refractivity contribution in [1.29, 1.82) is 0 Å². The summed E-state index contributed by atoms with van der Waals surface area (Å²) >= 11 is 0. The quantitative estimate of drug-likeness (QED) is 0.696. The molecule has 0 unspecified atom stereocenters. The van der Waals surface area contributed by atoms with Gasteiger partial charge in [-0.2, -0.15) is 10.1 Å². The van der Waals surface area contributed by atoms with Crippen molar-refractivity contribution in [2.45, 2.75) is 4.90 Å². The molecule has 9 nitrogen and oxygen atoms in total. The Hall–Kier alpha value is -2.36. The van der Waals surface area contributed by atoms with E-state index >= 15 is 0 Å². The van der Waals surface area contributed by atoms with E-state index < -0.39 is 16.0 Å².